The third-order valence-corrected chi connectivity index (χ3v) is 4.47. The number of hydrogen-bond donors (Lipinski definition) is 0. The van der Waals surface area contributed by atoms with E-state index in [1.54, 1.807) is 0 Å². The number of Topliss-reactive ketones (excluding diaryl/α,β-unsaturated/α-hetero) is 1. The predicted molar refractivity (Wildman–Crippen MR) is 84.0 cm³/mol. The summed E-state index contributed by atoms with van der Waals surface area (Å²) in [6, 6.07) is 7.81. The van der Waals surface area contributed by atoms with Gasteiger partial charge < -0.3 is 4.90 Å². The molecule has 0 amide bonds. The first kappa shape index (κ1) is 14.1. The molecule has 2 heterocycles. The van der Waals surface area contributed by atoms with Crippen molar-refractivity contribution in [2.75, 3.05) is 11.4 Å². The lowest BCUT2D eigenvalue weighted by atomic mass is 10.1. The second-order valence-corrected chi connectivity index (χ2v) is 5.81. The van der Waals surface area contributed by atoms with Crippen molar-refractivity contribution in [3.05, 3.63) is 46.2 Å². The molecule has 1 aliphatic rings. The average Bonchev–Trinajstić information content (AvgIpc) is 2.63. The number of carbonyl (C=O) groups excluding carboxylic acids is 1. The molecule has 0 fully saturated rings. The fourth-order valence-electron chi connectivity index (χ4n) is 2.87. The molecule has 0 radical (unpaired) electrons. The van der Waals surface area contributed by atoms with Gasteiger partial charge in [-0.1, -0.05) is 23.7 Å². The van der Waals surface area contributed by atoms with E-state index >= 15 is 0 Å². The summed E-state index contributed by atoms with van der Waals surface area (Å²) in [6.07, 6.45) is 1.47. The Labute approximate surface area is 129 Å². The Morgan fingerprint density at radius 3 is 2.81 bits per heavy atom. The molecule has 0 bridgehead atoms. The van der Waals surface area contributed by atoms with Crippen LogP contribution in [-0.4, -0.2) is 22.1 Å². The summed E-state index contributed by atoms with van der Waals surface area (Å²) in [7, 11) is 1.91. The highest BCUT2D eigenvalue weighted by molar-refractivity contribution is 6.31. The van der Waals surface area contributed by atoms with Crippen LogP contribution >= 0.6 is 11.6 Å². The first-order chi connectivity index (χ1) is 10.1. The molecule has 0 spiro atoms. The molecule has 2 aromatic rings. The number of benzene rings is 1. The van der Waals surface area contributed by atoms with Crippen LogP contribution in [0.5, 0.6) is 0 Å². The molecule has 0 saturated heterocycles. The molecule has 1 aliphatic heterocycles. The van der Waals surface area contributed by atoms with E-state index in [0.29, 0.717) is 18.0 Å². The van der Waals surface area contributed by atoms with Crippen molar-refractivity contribution in [3.8, 4) is 0 Å². The van der Waals surface area contributed by atoms with Crippen molar-refractivity contribution >= 4 is 23.1 Å². The SMILES string of the molecule is Cc1nn(C)c(CN2CCCC(=O)c3ccccc32)c1Cl. The molecule has 110 valence electrons. The van der Waals surface area contributed by atoms with Gasteiger partial charge in [-0.3, -0.25) is 9.48 Å². The fourth-order valence-corrected chi connectivity index (χ4v) is 3.09. The fraction of sp³-hybridized carbons (Fsp3) is 0.375. The van der Waals surface area contributed by atoms with E-state index in [1.165, 1.54) is 0 Å². The van der Waals surface area contributed by atoms with Gasteiger partial charge in [0.15, 0.2) is 5.78 Å². The Hall–Kier alpha value is -1.81. The summed E-state index contributed by atoms with van der Waals surface area (Å²) in [5.74, 6) is 0.223. The number of ketones is 1. The summed E-state index contributed by atoms with van der Waals surface area (Å²) < 4.78 is 1.83. The number of nitrogens with zero attached hydrogens (tertiary/aromatic N) is 3. The topological polar surface area (TPSA) is 38.1 Å². The second-order valence-electron chi connectivity index (χ2n) is 5.44. The zero-order chi connectivity index (χ0) is 15.0. The Morgan fingerprint density at radius 2 is 2.10 bits per heavy atom. The van der Waals surface area contributed by atoms with E-state index < -0.39 is 0 Å². The van der Waals surface area contributed by atoms with Gasteiger partial charge in [0, 0.05) is 31.3 Å². The summed E-state index contributed by atoms with van der Waals surface area (Å²) in [6.45, 7) is 3.43. The standard InChI is InChI=1S/C16H18ClN3O/c1-11-16(17)14(19(2)18-11)10-20-9-5-8-15(21)12-6-3-4-7-13(12)20/h3-4,6-7H,5,8-10H2,1-2H3. The average molecular weight is 304 g/mol. The van der Waals surface area contributed by atoms with Crippen LogP contribution in [0.25, 0.3) is 0 Å². The van der Waals surface area contributed by atoms with E-state index in [-0.39, 0.29) is 5.78 Å². The summed E-state index contributed by atoms with van der Waals surface area (Å²) in [5, 5.41) is 5.08. The molecule has 0 saturated carbocycles. The highest BCUT2D eigenvalue weighted by atomic mass is 35.5. The van der Waals surface area contributed by atoms with Crippen molar-refractivity contribution in [2.24, 2.45) is 7.05 Å². The van der Waals surface area contributed by atoms with Gasteiger partial charge in [0.05, 0.1) is 23.0 Å². The van der Waals surface area contributed by atoms with Crippen LogP contribution in [0.1, 0.15) is 34.6 Å². The van der Waals surface area contributed by atoms with Crippen LogP contribution in [0.15, 0.2) is 24.3 Å². The van der Waals surface area contributed by atoms with Gasteiger partial charge in [-0.25, -0.2) is 0 Å². The lowest BCUT2D eigenvalue weighted by Gasteiger charge is -2.24. The van der Waals surface area contributed by atoms with Crippen molar-refractivity contribution in [1.29, 1.82) is 0 Å². The van der Waals surface area contributed by atoms with Crippen LogP contribution in [0.2, 0.25) is 5.02 Å². The number of anilines is 1. The number of aromatic nitrogens is 2. The molecule has 4 nitrogen and oxygen atoms in total. The quantitative estimate of drug-likeness (QED) is 0.854. The van der Waals surface area contributed by atoms with Crippen molar-refractivity contribution < 1.29 is 4.79 Å². The lowest BCUT2D eigenvalue weighted by molar-refractivity contribution is 0.0984. The molecule has 5 heteroatoms. The minimum Gasteiger partial charge on any atom is -0.365 e. The Balaban J connectivity index is 1.99. The summed E-state index contributed by atoms with van der Waals surface area (Å²) in [4.78, 5) is 14.4. The number of halogens is 1. The molecule has 1 aromatic heterocycles. The molecule has 21 heavy (non-hydrogen) atoms. The third kappa shape index (κ3) is 2.56. The zero-order valence-corrected chi connectivity index (χ0v) is 13.0. The van der Waals surface area contributed by atoms with E-state index in [4.69, 9.17) is 11.6 Å². The Morgan fingerprint density at radius 1 is 1.33 bits per heavy atom. The van der Waals surface area contributed by atoms with Crippen LogP contribution in [0.3, 0.4) is 0 Å². The van der Waals surface area contributed by atoms with Gasteiger partial charge in [0.1, 0.15) is 0 Å². The molecule has 3 rings (SSSR count). The largest absolute Gasteiger partial charge is 0.365 e. The number of aryl methyl sites for hydroxylation is 2. The van der Waals surface area contributed by atoms with Crippen molar-refractivity contribution in [1.82, 2.24) is 9.78 Å². The molecule has 0 aliphatic carbocycles. The van der Waals surface area contributed by atoms with E-state index in [9.17, 15) is 4.79 Å². The summed E-state index contributed by atoms with van der Waals surface area (Å²) in [5.41, 5.74) is 3.63. The molecular weight excluding hydrogens is 286 g/mol. The molecule has 0 unspecified atom stereocenters. The van der Waals surface area contributed by atoms with Gasteiger partial charge >= 0.3 is 0 Å². The van der Waals surface area contributed by atoms with Crippen LogP contribution in [-0.2, 0) is 13.6 Å². The summed E-state index contributed by atoms with van der Waals surface area (Å²) >= 11 is 6.35. The zero-order valence-electron chi connectivity index (χ0n) is 12.3. The van der Waals surface area contributed by atoms with Gasteiger partial charge in [-0.15, -0.1) is 0 Å². The predicted octanol–water partition coefficient (Wildman–Crippen LogP) is 3.37. The Bertz CT molecular complexity index is 693. The molecular formula is C16H18ClN3O. The highest BCUT2D eigenvalue weighted by Crippen LogP contribution is 2.29. The number of hydrogen-bond acceptors (Lipinski definition) is 3. The first-order valence-corrected chi connectivity index (χ1v) is 7.51. The smallest absolute Gasteiger partial charge is 0.165 e. The first-order valence-electron chi connectivity index (χ1n) is 7.13. The number of para-hydroxylation sites is 1. The highest BCUT2D eigenvalue weighted by Gasteiger charge is 2.22. The van der Waals surface area contributed by atoms with E-state index in [2.05, 4.69) is 10.00 Å². The minimum atomic E-state index is 0.223. The number of carbonyl (C=O) groups is 1. The van der Waals surface area contributed by atoms with Crippen molar-refractivity contribution in [3.63, 3.8) is 0 Å². The Kier molecular flexibility index (Phi) is 3.72. The maximum Gasteiger partial charge on any atom is 0.165 e. The van der Waals surface area contributed by atoms with Crippen LogP contribution in [0, 0.1) is 6.92 Å². The van der Waals surface area contributed by atoms with Crippen LogP contribution < -0.4 is 4.90 Å². The third-order valence-electron chi connectivity index (χ3n) is 3.98. The van der Waals surface area contributed by atoms with Gasteiger partial charge in [0.2, 0.25) is 0 Å². The molecule has 1 aromatic carbocycles. The molecule has 0 atom stereocenters. The number of rotatable bonds is 2. The van der Waals surface area contributed by atoms with E-state index in [0.717, 1.165) is 35.6 Å². The van der Waals surface area contributed by atoms with Crippen molar-refractivity contribution in [2.45, 2.75) is 26.3 Å². The van der Waals surface area contributed by atoms with Crippen LogP contribution in [0.4, 0.5) is 5.69 Å². The maximum atomic E-state index is 12.2. The second kappa shape index (κ2) is 5.53. The number of fused-ring (bicyclic) bond motifs is 1. The van der Waals surface area contributed by atoms with Gasteiger partial charge in [-0.05, 0) is 25.5 Å². The maximum absolute atomic E-state index is 12.2. The lowest BCUT2D eigenvalue weighted by Crippen LogP contribution is -2.25. The van der Waals surface area contributed by atoms with Gasteiger partial charge in [-0.2, -0.15) is 5.10 Å². The molecule has 0 N–H and O–H groups in total. The monoisotopic (exact) mass is 303 g/mol. The van der Waals surface area contributed by atoms with Gasteiger partial charge in [0.25, 0.3) is 0 Å². The normalized spacial score (nSPS) is 15.0. The van der Waals surface area contributed by atoms with E-state index in [1.807, 2.05) is 42.9 Å². The minimum absolute atomic E-state index is 0.223.